The molecule has 49 heteroatoms. The zero-order chi connectivity index (χ0) is 107. The number of unbranched alkanes of at least 4 members (excludes halogenated alkanes) is 14. The topological polar surface area (TPSA) is 754 Å². The molecule has 3 aliphatic rings. The summed E-state index contributed by atoms with van der Waals surface area (Å²) in [6.45, 7) is -2.18. The Bertz CT molecular complexity index is 5010. The standard InChI is InChI=1S/C99H151N25O24/c1-2-3-34-71(90(138)115-75-42-41-66(126)32-19-16-20-36-70(88(101)136)110-94(142)77(53-64-56-107-69-35-24-23-33-68(64)69)116-91(139)73(38-28-46-106-99(102)103)113-93(141)76(52-63-29-17-15-18-30-63)118-97(145)80-55-67(127)58-124(80)98(75)146)111-89(137)72(37-25-26-48-123(59-86(132)133)60-87(134)135)112-95(143)78(54-65-31-27-45-104-65)117-92(140)74(43-44-81(100)128)114-96(144)79(61-125)109-84(130)57-108-85(131)62-148-51-50-147-49-47-105-83(129)40-22-14-12-10-8-6-4-5-7-9-11-13-21-39-82-119-121-122-120-82/h15,17-18,23-24,29-31,33,35,45,56,67,70-80,107,125,127H,2-14,16,19-22,25-28,32,34,36-44,46-55,57-62H2,1H3,(H2,100,128)(H2,101,136)(H,105,129)(H,108,131)(H,109,130)(H,110,142)(H,111,137)(H,112,143)(H,113,141)(H,114,144)(H,115,138)(H,116,139)(H,117,140)(H,118,145)(H,132,133)(H,134,135)(H4,102,103,106)(H,119,120,121,122)/t67-,70+,71+,72+,73+,74+,75+,76-,77+,78+,79+,80+/m1/s1. The van der Waals surface area contributed by atoms with Gasteiger partial charge in [0.25, 0.3) is 0 Å². The fourth-order valence-corrected chi connectivity index (χ4v) is 17.3. The number of carboxylic acids is 2. The SMILES string of the molecule is CCCC[C@H](NC(=O)[C@H](CCCCN(CC(=O)O)CC(=O)O)NC(=O)[C@H](CC1=CCC=N1)NC(=O)[C@H](CCC(N)=O)NC(=O)[C@H](CO)NC(=O)CNC(=O)COCCOCCNC(=O)CCCCCCCCCCCCCCCc1nnn[nH]1)C(=O)N[C@H]1CCC(=O)CCCCC[C@@H](C(N)=O)NC(=O)[C@H](Cc2c[nH]c3ccccc23)NC(=O)[C@H](CCCNC(=N)N)NC(=O)[C@@H](Cc2ccccc2)NC(=O)[C@@H]2C[C@@H](O)CN2C1=O. The average Bonchev–Trinajstić information content (AvgIpc) is 1.67. The number of aliphatic imine (C=N–C) groups is 1. The Labute approximate surface area is 859 Å². The van der Waals surface area contributed by atoms with Crippen molar-refractivity contribution in [1.29, 1.82) is 5.41 Å². The van der Waals surface area contributed by atoms with Crippen molar-refractivity contribution in [3.05, 3.63) is 89.5 Å². The van der Waals surface area contributed by atoms with E-state index in [1.807, 2.05) is 6.07 Å². The minimum atomic E-state index is -1.81. The predicted molar refractivity (Wildman–Crippen MR) is 540 cm³/mol. The predicted octanol–water partition coefficient (Wildman–Crippen LogP) is -0.854. The number of Topliss-reactive ketones (excluding diaryl/α,β-unsaturated/α-hetero) is 1. The molecule has 26 N–H and O–H groups in total. The molecule has 2 aromatic carbocycles. The van der Waals surface area contributed by atoms with Gasteiger partial charge in [-0.3, -0.25) is 102 Å². The largest absolute Gasteiger partial charge is 0.480 e. The molecule has 0 unspecified atom stereocenters. The van der Waals surface area contributed by atoms with Crippen LogP contribution >= 0.6 is 0 Å². The average molecular weight is 2080 g/mol. The first-order chi connectivity index (χ1) is 71.2. The molecule has 2 fully saturated rings. The van der Waals surface area contributed by atoms with E-state index in [0.29, 0.717) is 34.9 Å². The van der Waals surface area contributed by atoms with Gasteiger partial charge in [0.15, 0.2) is 5.96 Å². The molecule has 49 nitrogen and oxygen atoms in total. The first-order valence-electron chi connectivity index (χ1n) is 51.3. The van der Waals surface area contributed by atoms with E-state index in [-0.39, 0.29) is 147 Å². The molecule has 0 radical (unpaired) electrons. The lowest BCUT2D eigenvalue weighted by Crippen LogP contribution is -2.61. The molecule has 7 rings (SSSR count). The summed E-state index contributed by atoms with van der Waals surface area (Å²) in [6, 6.07) is -2.20. The number of aliphatic hydroxyl groups is 2. The number of aliphatic carboxylic acids is 2. The van der Waals surface area contributed by atoms with E-state index < -0.39 is 257 Å². The molecule has 5 heterocycles. The van der Waals surface area contributed by atoms with E-state index in [0.717, 1.165) is 54.1 Å². The number of nitrogens with one attached hydrogen (secondary N) is 16. The third kappa shape index (κ3) is 46.9. The van der Waals surface area contributed by atoms with Crippen LogP contribution in [0.2, 0.25) is 0 Å². The lowest BCUT2D eigenvalue weighted by atomic mass is 9.99. The summed E-state index contributed by atoms with van der Waals surface area (Å²) in [6.07, 6.45) is 16.9. The molecule has 12 atom stereocenters. The van der Waals surface area contributed by atoms with Gasteiger partial charge in [-0.25, -0.2) is 5.10 Å². The van der Waals surface area contributed by atoms with Gasteiger partial charge in [0.1, 0.15) is 84.7 Å². The molecule has 0 aliphatic carbocycles. The number of nitrogens with two attached hydrogens (primary N) is 3. The number of benzene rings is 2. The number of aryl methyl sites for hydroxylation is 1. The smallest absolute Gasteiger partial charge is 0.317 e. The second kappa shape index (κ2) is 67.9. The van der Waals surface area contributed by atoms with Gasteiger partial charge in [0.05, 0.1) is 52.2 Å². The number of hydrogen-bond donors (Lipinski definition) is 23. The van der Waals surface area contributed by atoms with E-state index in [2.05, 4.69) is 99.7 Å². The second-order valence-electron chi connectivity index (χ2n) is 37.4. The number of allylic oxidation sites excluding steroid dienone is 1. The number of para-hydroxylation sites is 1. The number of hydrogen-bond acceptors (Lipinski definition) is 28. The normalized spacial score (nSPS) is 18.6. The van der Waals surface area contributed by atoms with Crippen molar-refractivity contribution in [3.8, 4) is 0 Å². The van der Waals surface area contributed by atoms with Gasteiger partial charge in [-0.05, 0) is 111 Å². The van der Waals surface area contributed by atoms with Crippen LogP contribution in [-0.2, 0) is 115 Å². The Kier molecular flexibility index (Phi) is 55.5. The summed E-state index contributed by atoms with van der Waals surface area (Å²) in [5.41, 5.74) is 19.1. The number of primary amides is 2. The molecule has 816 valence electrons. The van der Waals surface area contributed by atoms with Gasteiger partial charge >= 0.3 is 11.9 Å². The number of ether oxygens (including phenoxy) is 2. The molecule has 0 spiro atoms. The van der Waals surface area contributed by atoms with Gasteiger partial charge in [0.2, 0.25) is 88.6 Å². The summed E-state index contributed by atoms with van der Waals surface area (Å²) in [5, 5.41) is 97.5. The molecular weight excluding hydrogens is 1920 g/mol. The molecule has 0 bridgehead atoms. The highest BCUT2D eigenvalue weighted by molar-refractivity contribution is 6.01. The van der Waals surface area contributed by atoms with Crippen LogP contribution in [0.4, 0.5) is 0 Å². The molecule has 15 amide bonds. The molecule has 0 saturated carbocycles. The van der Waals surface area contributed by atoms with Crippen LogP contribution in [0.1, 0.15) is 242 Å². The lowest BCUT2D eigenvalue weighted by Gasteiger charge is -2.31. The molecule has 3 aliphatic heterocycles. The highest BCUT2D eigenvalue weighted by Gasteiger charge is 2.45. The lowest BCUT2D eigenvalue weighted by molar-refractivity contribution is -0.143. The van der Waals surface area contributed by atoms with Crippen LogP contribution in [0.3, 0.4) is 0 Å². The summed E-state index contributed by atoms with van der Waals surface area (Å²) in [7, 11) is 0. The summed E-state index contributed by atoms with van der Waals surface area (Å²) in [5.74, 6) is -16.6. The van der Waals surface area contributed by atoms with E-state index >= 15 is 28.8 Å². The number of carboxylic acid groups (broad SMARTS) is 2. The number of nitrogens with zero attached hydrogens (tertiary/aromatic N) is 6. The first-order valence-corrected chi connectivity index (χ1v) is 51.3. The fraction of sp³-hybridized carbons (Fsp3) is 0.626. The van der Waals surface area contributed by atoms with Crippen molar-refractivity contribution >= 4 is 129 Å². The number of fused-ring (bicyclic) bond motifs is 2. The van der Waals surface area contributed by atoms with E-state index in [4.69, 9.17) is 32.1 Å². The van der Waals surface area contributed by atoms with Crippen LogP contribution in [-0.4, -0.2) is 326 Å². The second-order valence-corrected chi connectivity index (χ2v) is 37.4. The Morgan fingerprint density at radius 3 is 1.84 bits per heavy atom. The number of aliphatic hydroxyl groups excluding tert-OH is 2. The van der Waals surface area contributed by atoms with Gasteiger partial charge < -0.3 is 126 Å². The van der Waals surface area contributed by atoms with Crippen molar-refractivity contribution in [3.63, 3.8) is 0 Å². The zero-order valence-corrected chi connectivity index (χ0v) is 84.4. The van der Waals surface area contributed by atoms with E-state index in [1.165, 1.54) is 57.6 Å². The molecule has 4 aromatic rings. The van der Waals surface area contributed by atoms with E-state index in [1.54, 1.807) is 67.7 Å². The van der Waals surface area contributed by atoms with Crippen molar-refractivity contribution in [2.45, 2.75) is 317 Å². The van der Waals surface area contributed by atoms with Crippen LogP contribution < -0.4 is 86.3 Å². The quantitative estimate of drug-likeness (QED) is 0.0145. The highest BCUT2D eigenvalue weighted by Crippen LogP contribution is 2.26. The van der Waals surface area contributed by atoms with Crippen LogP contribution in [0.5, 0.6) is 0 Å². The number of tetrazole rings is 1. The third-order valence-electron chi connectivity index (χ3n) is 25.3. The van der Waals surface area contributed by atoms with Crippen LogP contribution in [0.15, 0.2) is 77.6 Å². The number of carbonyl (C=O) groups is 18. The number of carbonyl (C=O) groups excluding carboxylic acids is 16. The maximum absolute atomic E-state index is 15.6. The number of guanidine groups is 1. The Balaban J connectivity index is 1.03. The van der Waals surface area contributed by atoms with Gasteiger partial charge in [-0.2, -0.15) is 0 Å². The molecule has 2 saturated heterocycles. The van der Waals surface area contributed by atoms with Crippen molar-refractivity contribution in [2.24, 2.45) is 22.2 Å². The number of H-pyrrole nitrogens is 2. The van der Waals surface area contributed by atoms with Gasteiger partial charge in [-0.15, -0.1) is 5.10 Å². The van der Waals surface area contributed by atoms with Crippen molar-refractivity contribution in [2.75, 3.05) is 78.8 Å². The third-order valence-corrected chi connectivity index (χ3v) is 25.3. The summed E-state index contributed by atoms with van der Waals surface area (Å²) >= 11 is 0. The zero-order valence-electron chi connectivity index (χ0n) is 84.4. The fourth-order valence-electron chi connectivity index (χ4n) is 17.3. The molecule has 148 heavy (non-hydrogen) atoms. The van der Waals surface area contributed by atoms with E-state index in [9.17, 15) is 78.0 Å². The monoisotopic (exact) mass is 2070 g/mol. The van der Waals surface area contributed by atoms with Crippen LogP contribution in [0, 0.1) is 5.41 Å². The van der Waals surface area contributed by atoms with Gasteiger partial charge in [0, 0.05) is 113 Å². The van der Waals surface area contributed by atoms with Crippen molar-refractivity contribution in [1.82, 2.24) is 105 Å². The Morgan fingerprint density at radius 1 is 0.581 bits per heavy atom. The minimum Gasteiger partial charge on any atom is -0.480 e. The maximum atomic E-state index is 15.6. The number of ketones is 1. The maximum Gasteiger partial charge on any atom is 0.317 e. The highest BCUT2D eigenvalue weighted by atomic mass is 16.5. The number of rotatable bonds is 64. The number of aromatic amines is 2. The first kappa shape index (κ1) is 121. The summed E-state index contributed by atoms with van der Waals surface area (Å²) in [4.78, 5) is 261. The Hall–Kier alpha value is -13.8. The van der Waals surface area contributed by atoms with Crippen LogP contribution in [0.25, 0.3) is 10.9 Å². The molecular formula is C99H151N25O24. The van der Waals surface area contributed by atoms with Gasteiger partial charge in [-0.1, -0.05) is 158 Å². The molecule has 2 aromatic heterocycles. The Morgan fingerprint density at radius 2 is 1.19 bits per heavy atom. The van der Waals surface area contributed by atoms with Crippen molar-refractivity contribution < 1.29 is 116 Å². The number of aromatic nitrogens is 5. The number of amides is 15. The minimum absolute atomic E-state index is 0.0147. The summed E-state index contributed by atoms with van der Waals surface area (Å²) < 4.78 is 10.9.